The summed E-state index contributed by atoms with van der Waals surface area (Å²) in [5.74, 6) is -0.192. The quantitative estimate of drug-likeness (QED) is 0.564. The first kappa shape index (κ1) is 17.1. The molecular weight excluding hydrogens is 370 g/mol. The van der Waals surface area contributed by atoms with Crippen LogP contribution in [0.3, 0.4) is 0 Å². The number of aryl methyl sites for hydroxylation is 3. The fourth-order valence-corrected chi connectivity index (χ4v) is 4.43. The number of aromatic nitrogens is 4. The fraction of sp³-hybridized carbons (Fsp3) is 0.238. The van der Waals surface area contributed by atoms with Gasteiger partial charge >= 0.3 is 0 Å². The van der Waals surface area contributed by atoms with Gasteiger partial charge in [-0.25, -0.2) is 9.67 Å². The summed E-state index contributed by atoms with van der Waals surface area (Å²) in [6, 6.07) is 12.0. The fourth-order valence-electron chi connectivity index (χ4n) is 3.71. The van der Waals surface area contributed by atoms with Gasteiger partial charge in [-0.1, -0.05) is 17.3 Å². The Balaban J connectivity index is 1.36. The molecule has 28 heavy (non-hydrogen) atoms. The molecule has 2 aromatic heterocycles. The van der Waals surface area contributed by atoms with E-state index >= 15 is 0 Å². The normalized spacial score (nSPS) is 13.0. The maximum atomic E-state index is 12.6. The number of fused-ring (bicyclic) bond motifs is 2. The van der Waals surface area contributed by atoms with Crippen molar-refractivity contribution in [3.63, 3.8) is 0 Å². The predicted octanol–water partition coefficient (Wildman–Crippen LogP) is 4.32. The summed E-state index contributed by atoms with van der Waals surface area (Å²) in [5.41, 5.74) is 7.06. The summed E-state index contributed by atoms with van der Waals surface area (Å²) in [5, 5.41) is 13.7. The lowest BCUT2D eigenvalue weighted by molar-refractivity contribution is 0.102. The van der Waals surface area contributed by atoms with Crippen LogP contribution in [0, 0.1) is 0 Å². The highest BCUT2D eigenvalue weighted by Crippen LogP contribution is 2.30. The highest BCUT2D eigenvalue weighted by Gasteiger charge is 2.15. The van der Waals surface area contributed by atoms with Crippen LogP contribution >= 0.6 is 11.3 Å². The van der Waals surface area contributed by atoms with Gasteiger partial charge in [0.2, 0.25) is 0 Å². The molecule has 5 rings (SSSR count). The molecule has 4 aromatic rings. The van der Waals surface area contributed by atoms with E-state index in [9.17, 15) is 4.79 Å². The Morgan fingerprint density at radius 3 is 2.96 bits per heavy atom. The van der Waals surface area contributed by atoms with Crippen molar-refractivity contribution < 1.29 is 4.79 Å². The smallest absolute Gasteiger partial charge is 0.257 e. The zero-order valence-electron chi connectivity index (χ0n) is 15.5. The van der Waals surface area contributed by atoms with Crippen LogP contribution < -0.4 is 5.32 Å². The topological polar surface area (TPSA) is 72.7 Å². The van der Waals surface area contributed by atoms with Crippen molar-refractivity contribution in [3.8, 4) is 11.3 Å². The summed E-state index contributed by atoms with van der Waals surface area (Å²) >= 11 is 1.44. The maximum Gasteiger partial charge on any atom is 0.257 e. The van der Waals surface area contributed by atoms with Gasteiger partial charge in [-0.05, 0) is 61.6 Å². The Labute approximate surface area is 166 Å². The van der Waals surface area contributed by atoms with Crippen LogP contribution in [0.1, 0.15) is 34.8 Å². The third-order valence-electron chi connectivity index (χ3n) is 5.19. The van der Waals surface area contributed by atoms with Crippen molar-refractivity contribution in [1.29, 1.82) is 0 Å². The molecule has 6 nitrogen and oxygen atoms in total. The Morgan fingerprint density at radius 2 is 2.07 bits per heavy atom. The first-order valence-electron chi connectivity index (χ1n) is 9.43. The van der Waals surface area contributed by atoms with E-state index in [1.807, 2.05) is 18.4 Å². The third-order valence-corrected chi connectivity index (χ3v) is 5.95. The predicted molar refractivity (Wildman–Crippen MR) is 111 cm³/mol. The molecule has 0 radical (unpaired) electrons. The number of nitrogens with one attached hydrogen (secondary N) is 1. The highest BCUT2D eigenvalue weighted by atomic mass is 32.1. The van der Waals surface area contributed by atoms with E-state index in [0.29, 0.717) is 16.2 Å². The van der Waals surface area contributed by atoms with Crippen LogP contribution in [0.2, 0.25) is 0 Å². The Bertz CT molecular complexity index is 1190. The van der Waals surface area contributed by atoms with Crippen LogP contribution in [-0.2, 0) is 19.4 Å². The van der Waals surface area contributed by atoms with E-state index in [4.69, 9.17) is 0 Å². The summed E-state index contributed by atoms with van der Waals surface area (Å²) < 4.78 is 1.81. The van der Waals surface area contributed by atoms with Crippen LogP contribution in [-0.4, -0.2) is 25.9 Å². The number of rotatable bonds is 4. The average molecular weight is 389 g/mol. The molecule has 0 fully saturated rings. The summed E-state index contributed by atoms with van der Waals surface area (Å²) in [6.45, 7) is 2.75. The summed E-state index contributed by atoms with van der Waals surface area (Å²) in [7, 11) is 0. The van der Waals surface area contributed by atoms with Crippen LogP contribution in [0.5, 0.6) is 0 Å². The van der Waals surface area contributed by atoms with Gasteiger partial charge in [-0.2, -0.15) is 0 Å². The first-order valence-corrected chi connectivity index (χ1v) is 10.3. The standard InChI is InChI=1S/C21H19N5OS/c1-2-26-19-9-8-16(11-17(19)24-25-26)20(27)23-21-22-18(12-28-21)15-7-6-13-4-3-5-14(13)10-15/h6-12H,2-5H2,1H3,(H,22,23,27). The molecule has 1 aliphatic rings. The minimum absolute atomic E-state index is 0.192. The molecule has 0 atom stereocenters. The molecule has 1 aliphatic carbocycles. The molecule has 1 N–H and O–H groups in total. The monoisotopic (exact) mass is 389 g/mol. The zero-order chi connectivity index (χ0) is 19.1. The average Bonchev–Trinajstić information content (AvgIpc) is 3.45. The molecule has 0 saturated heterocycles. The number of anilines is 1. The molecule has 0 spiro atoms. The second-order valence-corrected chi connectivity index (χ2v) is 7.80. The minimum atomic E-state index is -0.192. The van der Waals surface area contributed by atoms with Crippen molar-refractivity contribution in [1.82, 2.24) is 20.0 Å². The van der Waals surface area contributed by atoms with Gasteiger partial charge in [0, 0.05) is 23.1 Å². The van der Waals surface area contributed by atoms with Crippen molar-refractivity contribution in [3.05, 3.63) is 58.5 Å². The number of benzene rings is 2. The van der Waals surface area contributed by atoms with Gasteiger partial charge in [0.25, 0.3) is 5.91 Å². The van der Waals surface area contributed by atoms with Crippen LogP contribution in [0.15, 0.2) is 41.8 Å². The number of hydrogen-bond donors (Lipinski definition) is 1. The molecule has 0 saturated carbocycles. The number of amides is 1. The van der Waals surface area contributed by atoms with Crippen LogP contribution in [0.4, 0.5) is 5.13 Å². The van der Waals surface area contributed by atoms with E-state index in [1.54, 1.807) is 16.8 Å². The van der Waals surface area contributed by atoms with E-state index in [-0.39, 0.29) is 5.91 Å². The van der Waals surface area contributed by atoms with Crippen molar-refractivity contribution >= 4 is 33.4 Å². The van der Waals surface area contributed by atoms with E-state index in [0.717, 1.165) is 29.7 Å². The van der Waals surface area contributed by atoms with Gasteiger partial charge < -0.3 is 0 Å². The van der Waals surface area contributed by atoms with Crippen molar-refractivity contribution in [2.24, 2.45) is 0 Å². The number of carbonyl (C=O) groups is 1. The molecule has 0 aliphatic heterocycles. The first-order chi connectivity index (χ1) is 13.7. The molecule has 0 unspecified atom stereocenters. The second kappa shape index (κ2) is 6.83. The molecule has 7 heteroatoms. The maximum absolute atomic E-state index is 12.6. The SMILES string of the molecule is CCn1nnc2cc(C(=O)Nc3nc(-c4ccc5c(c4)CCC5)cs3)ccc21. The third kappa shape index (κ3) is 2.97. The minimum Gasteiger partial charge on any atom is -0.298 e. The van der Waals surface area contributed by atoms with Gasteiger partial charge in [-0.3, -0.25) is 10.1 Å². The van der Waals surface area contributed by atoms with Gasteiger partial charge in [0.05, 0.1) is 11.2 Å². The molecule has 2 aromatic carbocycles. The zero-order valence-corrected chi connectivity index (χ0v) is 16.3. The van der Waals surface area contributed by atoms with Gasteiger partial charge in [0.15, 0.2) is 5.13 Å². The number of hydrogen-bond acceptors (Lipinski definition) is 5. The van der Waals surface area contributed by atoms with Gasteiger partial charge in [-0.15, -0.1) is 16.4 Å². The van der Waals surface area contributed by atoms with E-state index < -0.39 is 0 Å². The van der Waals surface area contributed by atoms with Gasteiger partial charge in [0.1, 0.15) is 5.52 Å². The highest BCUT2D eigenvalue weighted by molar-refractivity contribution is 7.14. The summed E-state index contributed by atoms with van der Waals surface area (Å²) in [6.07, 6.45) is 3.54. The summed E-state index contributed by atoms with van der Waals surface area (Å²) in [4.78, 5) is 17.2. The molecule has 1 amide bonds. The molecule has 0 bridgehead atoms. The Hall–Kier alpha value is -3.06. The van der Waals surface area contributed by atoms with E-state index in [1.165, 1.54) is 35.3 Å². The Kier molecular flexibility index (Phi) is 4.16. The lowest BCUT2D eigenvalue weighted by Gasteiger charge is -2.03. The molecule has 140 valence electrons. The number of nitrogens with zero attached hydrogens (tertiary/aromatic N) is 4. The second-order valence-electron chi connectivity index (χ2n) is 6.94. The lowest BCUT2D eigenvalue weighted by atomic mass is 10.1. The lowest BCUT2D eigenvalue weighted by Crippen LogP contribution is -2.11. The largest absolute Gasteiger partial charge is 0.298 e. The Morgan fingerprint density at radius 1 is 1.18 bits per heavy atom. The van der Waals surface area contributed by atoms with Crippen molar-refractivity contribution in [2.75, 3.05) is 5.32 Å². The number of carbonyl (C=O) groups excluding carboxylic acids is 1. The molecule has 2 heterocycles. The molecular formula is C21H19N5OS. The number of thiazole rings is 1. The van der Waals surface area contributed by atoms with E-state index in [2.05, 4.69) is 38.8 Å². The van der Waals surface area contributed by atoms with Crippen LogP contribution in [0.25, 0.3) is 22.3 Å². The van der Waals surface area contributed by atoms with Crippen molar-refractivity contribution in [2.45, 2.75) is 32.7 Å².